The van der Waals surface area contributed by atoms with E-state index in [1.807, 2.05) is 22.7 Å². The Morgan fingerprint density at radius 3 is 1.31 bits per heavy atom. The maximum atomic E-state index is 4.71. The molecule has 4 heteroatoms. The fraction of sp³-hybridized carbons (Fsp3) is 0.0244. The van der Waals surface area contributed by atoms with Crippen molar-refractivity contribution in [2.24, 2.45) is 0 Å². The molecule has 9 rings (SSSR count). The summed E-state index contributed by atoms with van der Waals surface area (Å²) in [6.45, 7) is 0. The molecule has 3 heterocycles. The maximum absolute atomic E-state index is 4.71. The third-order valence-corrected chi connectivity index (χ3v) is 10.9. The van der Waals surface area contributed by atoms with Crippen LogP contribution in [0.2, 0.25) is 0 Å². The van der Waals surface area contributed by atoms with Gasteiger partial charge < -0.3 is 0 Å². The molecular formula is C41H28N2S2. The van der Waals surface area contributed by atoms with E-state index in [1.165, 1.54) is 62.6 Å². The molecule has 0 unspecified atom stereocenters. The van der Waals surface area contributed by atoms with Crippen LogP contribution < -0.4 is 0 Å². The van der Waals surface area contributed by atoms with Gasteiger partial charge in [0, 0.05) is 51.5 Å². The van der Waals surface area contributed by atoms with E-state index >= 15 is 0 Å². The Morgan fingerprint density at radius 2 is 0.800 bits per heavy atom. The number of hydrogen-bond donors (Lipinski definition) is 0. The zero-order valence-corrected chi connectivity index (χ0v) is 25.2. The largest absolute Gasteiger partial charge is 0.236 e. The molecule has 0 aliphatic rings. The van der Waals surface area contributed by atoms with E-state index in [0.717, 1.165) is 22.5 Å². The van der Waals surface area contributed by atoms with Gasteiger partial charge in [-0.3, -0.25) is 0 Å². The highest BCUT2D eigenvalue weighted by molar-refractivity contribution is 7.26. The second-order valence-corrected chi connectivity index (χ2v) is 13.1. The zero-order valence-electron chi connectivity index (χ0n) is 23.6. The Labute approximate surface area is 269 Å². The van der Waals surface area contributed by atoms with Crippen molar-refractivity contribution in [3.8, 4) is 44.8 Å². The molecule has 0 amide bonds. The monoisotopic (exact) mass is 612 g/mol. The summed E-state index contributed by atoms with van der Waals surface area (Å²) in [5.74, 6) is 0. The SMILES string of the molecule is C.c1cc(-c2cc(-c3cccc(-c4cccc5c4sc4ccccc45)c3)ncn2)cc(-c2cccc3c2sc2ccccc23)c1. The van der Waals surface area contributed by atoms with Gasteiger partial charge in [-0.25, -0.2) is 9.97 Å². The van der Waals surface area contributed by atoms with Gasteiger partial charge in [-0.05, 0) is 52.6 Å². The molecule has 0 bridgehead atoms. The van der Waals surface area contributed by atoms with Crippen LogP contribution >= 0.6 is 22.7 Å². The Hall–Kier alpha value is -5.16. The summed E-state index contributed by atoms with van der Waals surface area (Å²) in [5.41, 5.74) is 8.88. The number of rotatable bonds is 4. The molecule has 214 valence electrons. The minimum Gasteiger partial charge on any atom is -0.236 e. The molecule has 0 spiro atoms. The third kappa shape index (κ3) is 4.62. The summed E-state index contributed by atoms with van der Waals surface area (Å²) in [4.78, 5) is 9.41. The van der Waals surface area contributed by atoms with Gasteiger partial charge in [0.15, 0.2) is 0 Å². The number of hydrogen-bond acceptors (Lipinski definition) is 4. The number of aromatic nitrogens is 2. The van der Waals surface area contributed by atoms with Crippen LogP contribution in [0.25, 0.3) is 85.1 Å². The molecule has 0 saturated heterocycles. The summed E-state index contributed by atoms with van der Waals surface area (Å²) in [6, 6.07) is 50.1. The molecule has 0 atom stereocenters. The average Bonchev–Trinajstić information content (AvgIpc) is 3.67. The first kappa shape index (κ1) is 27.4. The lowest BCUT2D eigenvalue weighted by Gasteiger charge is -2.09. The van der Waals surface area contributed by atoms with Crippen molar-refractivity contribution in [2.75, 3.05) is 0 Å². The predicted octanol–water partition coefficient (Wildman–Crippen LogP) is 12.5. The molecule has 0 aliphatic carbocycles. The first-order valence-electron chi connectivity index (χ1n) is 14.6. The van der Waals surface area contributed by atoms with Gasteiger partial charge in [0.1, 0.15) is 6.33 Å². The van der Waals surface area contributed by atoms with Crippen molar-refractivity contribution >= 4 is 63.0 Å². The van der Waals surface area contributed by atoms with E-state index < -0.39 is 0 Å². The van der Waals surface area contributed by atoms with Crippen molar-refractivity contribution < 1.29 is 0 Å². The molecule has 9 aromatic rings. The van der Waals surface area contributed by atoms with E-state index in [1.54, 1.807) is 6.33 Å². The second kappa shape index (κ2) is 11.1. The van der Waals surface area contributed by atoms with Crippen LogP contribution in [0.4, 0.5) is 0 Å². The predicted molar refractivity (Wildman–Crippen MR) is 196 cm³/mol. The van der Waals surface area contributed by atoms with Gasteiger partial charge in [0.25, 0.3) is 0 Å². The summed E-state index contributed by atoms with van der Waals surface area (Å²) in [7, 11) is 0. The fourth-order valence-electron chi connectivity index (χ4n) is 6.31. The highest BCUT2D eigenvalue weighted by Gasteiger charge is 2.13. The van der Waals surface area contributed by atoms with Gasteiger partial charge in [-0.15, -0.1) is 22.7 Å². The minimum atomic E-state index is 0. The van der Waals surface area contributed by atoms with Gasteiger partial charge in [0.2, 0.25) is 0 Å². The van der Waals surface area contributed by atoms with Crippen LogP contribution in [0.5, 0.6) is 0 Å². The topological polar surface area (TPSA) is 25.8 Å². The first-order chi connectivity index (χ1) is 21.8. The summed E-state index contributed by atoms with van der Waals surface area (Å²) < 4.78 is 5.27. The van der Waals surface area contributed by atoms with Crippen LogP contribution in [0.3, 0.4) is 0 Å². The van der Waals surface area contributed by atoms with Gasteiger partial charge in [0.05, 0.1) is 11.4 Å². The molecule has 0 saturated carbocycles. The first-order valence-corrected chi connectivity index (χ1v) is 16.3. The van der Waals surface area contributed by atoms with E-state index in [-0.39, 0.29) is 7.43 Å². The Kier molecular flexibility index (Phi) is 6.75. The standard InChI is InChI=1S/C40H24N2S2.CH4/c1-3-19-37-31(13-1)33-17-7-15-29(39(33)43-37)25-9-5-11-27(21-25)35-23-36(42-24-41-35)28-12-6-10-26(22-28)30-16-8-18-34-32-14-2-4-20-38(32)44-40(30)34;/h1-24H;1H4. The average molecular weight is 613 g/mol. The number of benzene rings is 6. The highest BCUT2D eigenvalue weighted by atomic mass is 32.1. The molecule has 45 heavy (non-hydrogen) atoms. The van der Waals surface area contributed by atoms with Crippen LogP contribution in [0.15, 0.2) is 146 Å². The Balaban J connectivity index is 0.00000300. The molecule has 0 fully saturated rings. The van der Waals surface area contributed by atoms with Crippen LogP contribution in [0.1, 0.15) is 7.43 Å². The fourth-order valence-corrected chi connectivity index (χ4v) is 8.79. The van der Waals surface area contributed by atoms with E-state index in [2.05, 4.69) is 140 Å². The lowest BCUT2D eigenvalue weighted by Crippen LogP contribution is -1.90. The summed E-state index contributed by atoms with van der Waals surface area (Å²) in [5, 5.41) is 5.25. The van der Waals surface area contributed by atoms with Crippen LogP contribution in [0, 0.1) is 0 Å². The summed E-state index contributed by atoms with van der Waals surface area (Å²) in [6.07, 6.45) is 1.68. The van der Waals surface area contributed by atoms with Crippen molar-refractivity contribution in [3.05, 3.63) is 146 Å². The number of fused-ring (bicyclic) bond motifs is 6. The zero-order chi connectivity index (χ0) is 29.0. The second-order valence-electron chi connectivity index (χ2n) is 11.0. The van der Waals surface area contributed by atoms with E-state index in [0.29, 0.717) is 0 Å². The van der Waals surface area contributed by atoms with Gasteiger partial charge >= 0.3 is 0 Å². The molecular weight excluding hydrogens is 585 g/mol. The highest BCUT2D eigenvalue weighted by Crippen LogP contribution is 2.42. The molecule has 0 aliphatic heterocycles. The van der Waals surface area contributed by atoms with E-state index in [9.17, 15) is 0 Å². The number of thiophene rings is 2. The molecule has 3 aromatic heterocycles. The summed E-state index contributed by atoms with van der Waals surface area (Å²) >= 11 is 3.72. The molecule has 2 nitrogen and oxygen atoms in total. The van der Waals surface area contributed by atoms with Crippen LogP contribution in [-0.4, -0.2) is 9.97 Å². The normalized spacial score (nSPS) is 11.4. The van der Waals surface area contributed by atoms with Gasteiger partial charge in [-0.1, -0.05) is 117 Å². The third-order valence-electron chi connectivity index (χ3n) is 8.41. The lowest BCUT2D eigenvalue weighted by atomic mass is 9.98. The molecule has 6 aromatic carbocycles. The maximum Gasteiger partial charge on any atom is 0.116 e. The lowest BCUT2D eigenvalue weighted by molar-refractivity contribution is 1.18. The van der Waals surface area contributed by atoms with Crippen molar-refractivity contribution in [2.45, 2.75) is 7.43 Å². The van der Waals surface area contributed by atoms with E-state index in [4.69, 9.17) is 9.97 Å². The van der Waals surface area contributed by atoms with Gasteiger partial charge in [-0.2, -0.15) is 0 Å². The Bertz CT molecular complexity index is 2350. The van der Waals surface area contributed by atoms with Crippen molar-refractivity contribution in [3.63, 3.8) is 0 Å². The van der Waals surface area contributed by atoms with Crippen LogP contribution in [-0.2, 0) is 0 Å². The molecule has 0 radical (unpaired) electrons. The number of nitrogens with zero attached hydrogens (tertiary/aromatic N) is 2. The van der Waals surface area contributed by atoms with Crippen molar-refractivity contribution in [1.29, 1.82) is 0 Å². The molecule has 0 N–H and O–H groups in total. The smallest absolute Gasteiger partial charge is 0.116 e. The minimum absolute atomic E-state index is 0. The van der Waals surface area contributed by atoms with Crippen molar-refractivity contribution in [1.82, 2.24) is 9.97 Å². The quantitative estimate of drug-likeness (QED) is 0.198. The Morgan fingerprint density at radius 1 is 0.378 bits per heavy atom.